The van der Waals surface area contributed by atoms with E-state index in [1.807, 2.05) is 0 Å². The zero-order valence-electron chi connectivity index (χ0n) is 8.34. The van der Waals surface area contributed by atoms with Crippen LogP contribution in [0.1, 0.15) is 12.0 Å². The van der Waals surface area contributed by atoms with Crippen LogP contribution in [0.4, 0.5) is 13.2 Å². The number of benzene rings is 1. The minimum Gasteiger partial charge on any atom is -0.406 e. The fourth-order valence-electron chi connectivity index (χ4n) is 1.14. The summed E-state index contributed by atoms with van der Waals surface area (Å²) in [5, 5.41) is 7.01. The van der Waals surface area contributed by atoms with E-state index in [-0.39, 0.29) is 11.6 Å². The van der Waals surface area contributed by atoms with Crippen LogP contribution in [-0.4, -0.2) is 12.2 Å². The average molecular weight is 232 g/mol. The molecule has 0 saturated heterocycles. The highest BCUT2D eigenvalue weighted by Crippen LogP contribution is 2.22. The van der Waals surface area contributed by atoms with Crippen molar-refractivity contribution < 1.29 is 17.9 Å². The third-order valence-electron chi connectivity index (χ3n) is 1.84. The molecular formula is C10H11F3N2O. The van der Waals surface area contributed by atoms with Crippen molar-refractivity contribution in [1.82, 2.24) is 0 Å². The van der Waals surface area contributed by atoms with Gasteiger partial charge in [0.05, 0.1) is 5.84 Å². The maximum absolute atomic E-state index is 11.8. The van der Waals surface area contributed by atoms with E-state index in [0.717, 1.165) is 5.56 Å². The largest absolute Gasteiger partial charge is 0.573 e. The molecule has 0 radical (unpaired) electrons. The first-order valence-electron chi connectivity index (χ1n) is 4.54. The fourth-order valence-corrected chi connectivity index (χ4v) is 1.14. The topological polar surface area (TPSA) is 59.1 Å². The molecule has 0 amide bonds. The summed E-state index contributed by atoms with van der Waals surface area (Å²) in [6.45, 7) is 0. The van der Waals surface area contributed by atoms with Gasteiger partial charge in [0.25, 0.3) is 0 Å². The van der Waals surface area contributed by atoms with E-state index in [9.17, 15) is 13.2 Å². The molecule has 1 aromatic carbocycles. The number of ether oxygens (including phenoxy) is 1. The first-order chi connectivity index (χ1) is 7.37. The molecule has 0 aliphatic carbocycles. The van der Waals surface area contributed by atoms with Crippen LogP contribution in [-0.2, 0) is 6.42 Å². The van der Waals surface area contributed by atoms with E-state index in [2.05, 4.69) is 4.74 Å². The summed E-state index contributed by atoms with van der Waals surface area (Å²) in [6.07, 6.45) is -3.75. The van der Waals surface area contributed by atoms with Crippen molar-refractivity contribution >= 4 is 5.84 Å². The quantitative estimate of drug-likeness (QED) is 0.618. The van der Waals surface area contributed by atoms with Crippen LogP contribution in [0.25, 0.3) is 0 Å². The van der Waals surface area contributed by atoms with Crippen molar-refractivity contribution in [3.8, 4) is 5.75 Å². The van der Waals surface area contributed by atoms with Crippen LogP contribution in [0.2, 0.25) is 0 Å². The molecule has 0 unspecified atom stereocenters. The molecular weight excluding hydrogens is 221 g/mol. The number of alkyl halides is 3. The number of hydrogen-bond acceptors (Lipinski definition) is 2. The SMILES string of the molecule is N=C(N)CCc1ccc(OC(F)(F)F)cc1. The summed E-state index contributed by atoms with van der Waals surface area (Å²) in [5.74, 6) is -0.199. The summed E-state index contributed by atoms with van der Waals surface area (Å²) in [7, 11) is 0. The molecule has 3 nitrogen and oxygen atoms in total. The average Bonchev–Trinajstić information content (AvgIpc) is 2.14. The van der Waals surface area contributed by atoms with Gasteiger partial charge in [-0.25, -0.2) is 0 Å². The summed E-state index contributed by atoms with van der Waals surface area (Å²) < 4.78 is 39.2. The van der Waals surface area contributed by atoms with E-state index >= 15 is 0 Å². The highest BCUT2D eigenvalue weighted by atomic mass is 19.4. The molecule has 88 valence electrons. The van der Waals surface area contributed by atoms with Gasteiger partial charge in [-0.05, 0) is 24.1 Å². The molecule has 0 aliphatic heterocycles. The van der Waals surface area contributed by atoms with Crippen molar-refractivity contribution in [2.45, 2.75) is 19.2 Å². The van der Waals surface area contributed by atoms with E-state index in [1.165, 1.54) is 24.3 Å². The zero-order valence-corrected chi connectivity index (χ0v) is 8.34. The first kappa shape index (κ1) is 12.4. The maximum Gasteiger partial charge on any atom is 0.573 e. The summed E-state index contributed by atoms with van der Waals surface area (Å²) in [6, 6.07) is 5.51. The van der Waals surface area contributed by atoms with Crippen molar-refractivity contribution in [2.24, 2.45) is 5.73 Å². The van der Waals surface area contributed by atoms with Crippen molar-refractivity contribution in [3.63, 3.8) is 0 Å². The molecule has 0 aliphatic rings. The minimum atomic E-state index is -4.67. The monoisotopic (exact) mass is 232 g/mol. The standard InChI is InChI=1S/C10H11F3N2O/c11-10(12,13)16-8-4-1-7(2-5-8)3-6-9(14)15/h1-2,4-5H,3,6H2,(H3,14,15). The lowest BCUT2D eigenvalue weighted by Crippen LogP contribution is -2.17. The van der Waals surface area contributed by atoms with Gasteiger partial charge in [0.15, 0.2) is 0 Å². The molecule has 0 saturated carbocycles. The van der Waals surface area contributed by atoms with Crippen LogP contribution in [0.5, 0.6) is 5.75 Å². The second kappa shape index (κ2) is 4.87. The Morgan fingerprint density at radius 3 is 2.25 bits per heavy atom. The third kappa shape index (κ3) is 4.68. The number of amidine groups is 1. The molecule has 1 aromatic rings. The summed E-state index contributed by atoms with van der Waals surface area (Å²) in [5.41, 5.74) is 5.97. The van der Waals surface area contributed by atoms with Gasteiger partial charge < -0.3 is 10.5 Å². The molecule has 3 N–H and O–H groups in total. The van der Waals surface area contributed by atoms with E-state index in [1.54, 1.807) is 0 Å². The Kier molecular flexibility index (Phi) is 3.76. The van der Waals surface area contributed by atoms with Gasteiger partial charge in [0, 0.05) is 6.42 Å². The molecule has 0 atom stereocenters. The Labute approximate surface area is 90.5 Å². The zero-order chi connectivity index (χ0) is 12.2. The Balaban J connectivity index is 2.57. The molecule has 6 heteroatoms. The fraction of sp³-hybridized carbons (Fsp3) is 0.300. The van der Waals surface area contributed by atoms with Crippen molar-refractivity contribution in [1.29, 1.82) is 5.41 Å². The predicted octanol–water partition coefficient (Wildman–Crippen LogP) is 2.45. The molecule has 0 fully saturated rings. The van der Waals surface area contributed by atoms with Crippen LogP contribution in [0.3, 0.4) is 0 Å². The molecule has 1 rings (SSSR count). The summed E-state index contributed by atoms with van der Waals surface area (Å²) in [4.78, 5) is 0. The molecule has 0 bridgehead atoms. The molecule has 0 spiro atoms. The number of hydrogen-bond donors (Lipinski definition) is 2. The van der Waals surface area contributed by atoms with Gasteiger partial charge in [0.2, 0.25) is 0 Å². The van der Waals surface area contributed by atoms with Crippen molar-refractivity contribution in [3.05, 3.63) is 29.8 Å². The first-order valence-corrected chi connectivity index (χ1v) is 4.54. The van der Waals surface area contributed by atoms with E-state index < -0.39 is 6.36 Å². The van der Waals surface area contributed by atoms with Gasteiger partial charge >= 0.3 is 6.36 Å². The van der Waals surface area contributed by atoms with Gasteiger partial charge in [-0.2, -0.15) is 0 Å². The third-order valence-corrected chi connectivity index (χ3v) is 1.84. The molecule has 0 aromatic heterocycles. The number of aryl methyl sites for hydroxylation is 1. The number of nitrogens with one attached hydrogen (secondary N) is 1. The molecule has 16 heavy (non-hydrogen) atoms. The van der Waals surface area contributed by atoms with Crippen LogP contribution in [0.15, 0.2) is 24.3 Å². The lowest BCUT2D eigenvalue weighted by Gasteiger charge is -2.09. The number of rotatable bonds is 4. The second-order valence-electron chi connectivity index (χ2n) is 3.22. The van der Waals surface area contributed by atoms with E-state index in [0.29, 0.717) is 12.8 Å². The lowest BCUT2D eigenvalue weighted by atomic mass is 10.1. The number of nitrogens with two attached hydrogens (primary N) is 1. The second-order valence-corrected chi connectivity index (χ2v) is 3.22. The smallest absolute Gasteiger partial charge is 0.406 e. The molecule has 0 heterocycles. The van der Waals surface area contributed by atoms with Crippen LogP contribution >= 0.6 is 0 Å². The normalized spacial score (nSPS) is 11.2. The van der Waals surface area contributed by atoms with Gasteiger partial charge in [-0.1, -0.05) is 12.1 Å². The Morgan fingerprint density at radius 1 is 1.25 bits per heavy atom. The van der Waals surface area contributed by atoms with Gasteiger partial charge in [-0.3, -0.25) is 5.41 Å². The Hall–Kier alpha value is -1.72. The summed E-state index contributed by atoms with van der Waals surface area (Å²) >= 11 is 0. The van der Waals surface area contributed by atoms with Crippen LogP contribution in [0, 0.1) is 5.41 Å². The lowest BCUT2D eigenvalue weighted by molar-refractivity contribution is -0.274. The number of halogens is 3. The minimum absolute atomic E-state index is 0.0515. The van der Waals surface area contributed by atoms with Crippen molar-refractivity contribution in [2.75, 3.05) is 0 Å². The van der Waals surface area contributed by atoms with Gasteiger partial charge in [-0.15, -0.1) is 13.2 Å². The Morgan fingerprint density at radius 2 is 1.81 bits per heavy atom. The Bertz CT molecular complexity index is 359. The van der Waals surface area contributed by atoms with Gasteiger partial charge in [0.1, 0.15) is 5.75 Å². The predicted molar refractivity (Wildman–Crippen MR) is 53.4 cm³/mol. The van der Waals surface area contributed by atoms with E-state index in [4.69, 9.17) is 11.1 Å². The maximum atomic E-state index is 11.8. The highest BCUT2D eigenvalue weighted by molar-refractivity contribution is 5.77. The van der Waals surface area contributed by atoms with Crippen LogP contribution < -0.4 is 10.5 Å². The highest BCUT2D eigenvalue weighted by Gasteiger charge is 2.30.